The predicted octanol–water partition coefficient (Wildman–Crippen LogP) is 4.78. The van der Waals surface area contributed by atoms with Crippen molar-refractivity contribution in [3.63, 3.8) is 0 Å². The van der Waals surface area contributed by atoms with Gasteiger partial charge in [0.25, 0.3) is 10.0 Å². The fourth-order valence-electron chi connectivity index (χ4n) is 4.28. The van der Waals surface area contributed by atoms with Crippen molar-refractivity contribution in [3.8, 4) is 5.75 Å². The summed E-state index contributed by atoms with van der Waals surface area (Å²) >= 11 is 6.09. The molecule has 3 saturated heterocycles. The Bertz CT molecular complexity index is 1160. The van der Waals surface area contributed by atoms with Crippen LogP contribution in [0.5, 0.6) is 5.75 Å². The number of hydrogen-bond acceptors (Lipinski definition) is 5. The van der Waals surface area contributed by atoms with E-state index < -0.39 is 10.0 Å². The Morgan fingerprint density at radius 1 is 1.13 bits per heavy atom. The summed E-state index contributed by atoms with van der Waals surface area (Å²) in [7, 11) is -3.83. The molecule has 9 heteroatoms. The van der Waals surface area contributed by atoms with Crippen molar-refractivity contribution in [2.75, 3.05) is 24.4 Å². The van der Waals surface area contributed by atoms with Gasteiger partial charge < -0.3 is 9.15 Å². The lowest BCUT2D eigenvalue weighted by molar-refractivity contribution is -0.00741. The van der Waals surface area contributed by atoms with Crippen LogP contribution in [-0.4, -0.2) is 39.1 Å². The average molecular weight is 469 g/mol. The number of halogens is 2. The van der Waals surface area contributed by atoms with Crippen LogP contribution < -0.4 is 9.46 Å². The largest absolute Gasteiger partial charge is 0.485 e. The third-order valence-corrected chi connectivity index (χ3v) is 7.65. The molecule has 0 spiro atoms. The molecule has 1 N–H and O–H groups in total. The molecule has 4 heterocycles. The monoisotopic (exact) mass is 468 g/mol. The van der Waals surface area contributed by atoms with Crippen LogP contribution in [0.4, 0.5) is 5.69 Å². The molecular formula is C21H22Cl2N2O4S. The number of nitrogens with zero attached hydrogens (tertiary/aromatic N) is 1. The molecule has 2 bridgehead atoms. The predicted molar refractivity (Wildman–Crippen MR) is 119 cm³/mol. The zero-order valence-electron chi connectivity index (χ0n) is 16.1. The Balaban J connectivity index is 0.00000218. The lowest BCUT2D eigenvalue weighted by Crippen LogP contribution is -2.52. The molecule has 160 valence electrons. The van der Waals surface area contributed by atoms with E-state index in [2.05, 4.69) is 9.62 Å². The molecular weight excluding hydrogens is 447 g/mol. The second kappa shape index (κ2) is 8.30. The van der Waals surface area contributed by atoms with Crippen LogP contribution in [0.1, 0.15) is 12.8 Å². The van der Waals surface area contributed by atoms with E-state index in [4.69, 9.17) is 20.8 Å². The van der Waals surface area contributed by atoms with E-state index >= 15 is 0 Å². The third-order valence-electron chi connectivity index (χ3n) is 5.77. The van der Waals surface area contributed by atoms with Gasteiger partial charge >= 0.3 is 0 Å². The summed E-state index contributed by atoms with van der Waals surface area (Å²) in [5.74, 6) is 1.08. The van der Waals surface area contributed by atoms with E-state index in [0.717, 1.165) is 37.9 Å². The van der Waals surface area contributed by atoms with Gasteiger partial charge in [0.05, 0.1) is 17.0 Å². The lowest BCUT2D eigenvalue weighted by Gasteiger charge is -2.44. The maximum absolute atomic E-state index is 12.8. The molecule has 6 rings (SSSR count). The van der Waals surface area contributed by atoms with Crippen molar-refractivity contribution in [1.29, 1.82) is 0 Å². The Labute approximate surface area is 186 Å². The second-order valence-corrected chi connectivity index (χ2v) is 9.70. The van der Waals surface area contributed by atoms with Gasteiger partial charge in [0, 0.05) is 18.0 Å². The molecule has 3 aromatic rings. The molecule has 3 aliphatic heterocycles. The summed E-state index contributed by atoms with van der Waals surface area (Å²) in [5, 5.41) is 0.953. The highest BCUT2D eigenvalue weighted by Gasteiger charge is 2.36. The van der Waals surface area contributed by atoms with Crippen molar-refractivity contribution in [2.45, 2.75) is 23.8 Å². The van der Waals surface area contributed by atoms with Gasteiger partial charge in [-0.3, -0.25) is 9.62 Å². The minimum atomic E-state index is -3.83. The van der Waals surface area contributed by atoms with Gasteiger partial charge in [0.2, 0.25) is 0 Å². The average Bonchev–Trinajstić information content (AvgIpc) is 3.18. The summed E-state index contributed by atoms with van der Waals surface area (Å²) in [4.78, 5) is 2.45. The van der Waals surface area contributed by atoms with Gasteiger partial charge in [-0.15, -0.1) is 12.4 Å². The normalized spacial score (nSPS) is 23.2. The molecule has 6 nitrogen and oxygen atoms in total. The zero-order valence-corrected chi connectivity index (χ0v) is 18.5. The Morgan fingerprint density at radius 2 is 1.90 bits per heavy atom. The smallest absolute Gasteiger partial charge is 0.263 e. The van der Waals surface area contributed by atoms with E-state index in [-0.39, 0.29) is 28.4 Å². The number of fused-ring (bicyclic) bond motifs is 4. The summed E-state index contributed by atoms with van der Waals surface area (Å²) in [6, 6.07) is 11.6. The highest BCUT2D eigenvalue weighted by atomic mass is 35.5. The molecule has 0 saturated carbocycles. The van der Waals surface area contributed by atoms with Gasteiger partial charge in [-0.1, -0.05) is 23.7 Å². The topological polar surface area (TPSA) is 71.8 Å². The van der Waals surface area contributed by atoms with Crippen molar-refractivity contribution in [2.24, 2.45) is 5.92 Å². The molecule has 2 aromatic carbocycles. The highest BCUT2D eigenvalue weighted by Crippen LogP contribution is 2.36. The van der Waals surface area contributed by atoms with Crippen LogP contribution in [-0.2, 0) is 10.0 Å². The van der Waals surface area contributed by atoms with Crippen LogP contribution in [0.3, 0.4) is 0 Å². The van der Waals surface area contributed by atoms with Crippen LogP contribution in [0, 0.1) is 5.92 Å². The van der Waals surface area contributed by atoms with E-state index in [9.17, 15) is 8.42 Å². The molecule has 3 aliphatic rings. The molecule has 0 amide bonds. The first-order valence-electron chi connectivity index (χ1n) is 9.67. The van der Waals surface area contributed by atoms with Crippen molar-refractivity contribution < 1.29 is 17.6 Å². The highest BCUT2D eigenvalue weighted by molar-refractivity contribution is 7.92. The maximum Gasteiger partial charge on any atom is 0.263 e. The first kappa shape index (κ1) is 21.3. The first-order chi connectivity index (χ1) is 14.0. The van der Waals surface area contributed by atoms with Crippen molar-refractivity contribution in [3.05, 3.63) is 53.8 Å². The minimum Gasteiger partial charge on any atom is -0.485 e. The fraction of sp³-hybridized carbons (Fsp3) is 0.333. The standard InChI is InChI=1S/C21H21ClN2O4S.ClH/c22-17-3-1-2-4-20(17)29(25,26)23-16-11-15-7-10-27-21(15)18(12-16)28-19-13-24-8-5-14(19)6-9-24;/h1-4,7,10-12,14,19,23H,5-6,8-9,13H2;1H. The number of anilines is 1. The van der Waals surface area contributed by atoms with E-state index in [1.54, 1.807) is 42.7 Å². The number of ether oxygens (including phenoxy) is 1. The van der Waals surface area contributed by atoms with E-state index in [0.29, 0.717) is 22.9 Å². The van der Waals surface area contributed by atoms with Crippen LogP contribution >= 0.6 is 24.0 Å². The molecule has 0 aliphatic carbocycles. The SMILES string of the molecule is Cl.O=S(=O)(Nc1cc(OC2CN3CCC2CC3)c2occc2c1)c1ccccc1Cl. The number of nitrogens with one attached hydrogen (secondary N) is 1. The Morgan fingerprint density at radius 3 is 2.60 bits per heavy atom. The van der Waals surface area contributed by atoms with Gasteiger partial charge in [0.15, 0.2) is 11.3 Å². The van der Waals surface area contributed by atoms with E-state index in [1.807, 2.05) is 0 Å². The van der Waals surface area contributed by atoms with E-state index in [1.165, 1.54) is 6.07 Å². The van der Waals surface area contributed by atoms with Crippen molar-refractivity contribution in [1.82, 2.24) is 4.90 Å². The zero-order chi connectivity index (χ0) is 20.0. The lowest BCUT2D eigenvalue weighted by atomic mass is 9.86. The summed E-state index contributed by atoms with van der Waals surface area (Å²) in [6.45, 7) is 3.14. The fourth-order valence-corrected chi connectivity index (χ4v) is 5.84. The minimum absolute atomic E-state index is 0. The Kier molecular flexibility index (Phi) is 5.90. The summed E-state index contributed by atoms with van der Waals surface area (Å²) < 4.78 is 40.3. The first-order valence-corrected chi connectivity index (χ1v) is 11.5. The number of furan rings is 1. The second-order valence-electron chi connectivity index (χ2n) is 7.64. The van der Waals surface area contributed by atoms with Crippen LogP contribution in [0.15, 0.2) is 58.0 Å². The quantitative estimate of drug-likeness (QED) is 0.582. The summed E-state index contributed by atoms with van der Waals surface area (Å²) in [6.07, 6.45) is 3.93. The molecule has 30 heavy (non-hydrogen) atoms. The molecule has 1 aromatic heterocycles. The van der Waals surface area contributed by atoms with Crippen molar-refractivity contribution >= 4 is 50.7 Å². The number of piperidine rings is 3. The number of rotatable bonds is 5. The van der Waals surface area contributed by atoms with Gasteiger partial charge in [-0.2, -0.15) is 0 Å². The third kappa shape index (κ3) is 3.99. The van der Waals surface area contributed by atoms with Gasteiger partial charge in [-0.05, 0) is 56.1 Å². The molecule has 3 fully saturated rings. The number of sulfonamides is 1. The Hall–Kier alpha value is -1.93. The molecule has 1 unspecified atom stereocenters. The van der Waals surface area contributed by atoms with Gasteiger partial charge in [0.1, 0.15) is 11.0 Å². The van der Waals surface area contributed by atoms with Crippen LogP contribution in [0.2, 0.25) is 5.02 Å². The number of benzene rings is 2. The van der Waals surface area contributed by atoms with Crippen LogP contribution in [0.25, 0.3) is 11.0 Å². The van der Waals surface area contributed by atoms with Gasteiger partial charge in [-0.25, -0.2) is 8.42 Å². The number of hydrogen-bond donors (Lipinski definition) is 1. The summed E-state index contributed by atoms with van der Waals surface area (Å²) in [5.41, 5.74) is 1.04. The molecule has 0 radical (unpaired) electrons. The molecule has 1 atom stereocenters. The maximum atomic E-state index is 12.8.